The average Bonchev–Trinajstić information content (AvgIpc) is 2.18. The van der Waals surface area contributed by atoms with Crippen LogP contribution in [-0.4, -0.2) is 11.5 Å². The van der Waals surface area contributed by atoms with Crippen LogP contribution in [-0.2, 0) is 9.09 Å². The molecule has 1 rings (SSSR count). The molecule has 1 atom stereocenters. The van der Waals surface area contributed by atoms with Gasteiger partial charge in [0.05, 0.1) is 4.92 Å². The molecule has 0 fully saturated rings. The van der Waals surface area contributed by atoms with Crippen molar-refractivity contribution in [3.8, 4) is 5.75 Å². The van der Waals surface area contributed by atoms with Gasteiger partial charge in [0.25, 0.3) is 5.69 Å². The third-order valence-electron chi connectivity index (χ3n) is 1.46. The smallest absolute Gasteiger partial charge is 0.258 e. The number of benzene rings is 1. The van der Waals surface area contributed by atoms with Gasteiger partial charge >= 0.3 is 8.25 Å². The highest BCUT2D eigenvalue weighted by molar-refractivity contribution is 7.33. The van der Waals surface area contributed by atoms with E-state index in [4.69, 9.17) is 4.52 Å². The van der Waals surface area contributed by atoms with Gasteiger partial charge in [0, 0.05) is 16.7 Å². The van der Waals surface area contributed by atoms with E-state index in [0.29, 0.717) is 0 Å². The summed E-state index contributed by atoms with van der Waals surface area (Å²) in [7, 11) is -2.20. The van der Waals surface area contributed by atoms with Gasteiger partial charge in [-0.05, 0) is 19.1 Å². The van der Waals surface area contributed by atoms with Crippen LogP contribution in [0.4, 0.5) is 5.69 Å². The molecule has 80 valence electrons. The average molecular weight is 230 g/mol. The summed E-state index contributed by atoms with van der Waals surface area (Å²) >= 11 is 0. The molecule has 0 bridgehead atoms. The van der Waals surface area contributed by atoms with Crippen molar-refractivity contribution < 1.29 is 18.5 Å². The van der Waals surface area contributed by atoms with Crippen molar-refractivity contribution in [2.45, 2.75) is 6.92 Å². The van der Waals surface area contributed by atoms with Gasteiger partial charge in [0.1, 0.15) is 6.61 Å². The minimum Gasteiger partial charge on any atom is -0.258 e. The highest BCUT2D eigenvalue weighted by Gasteiger charge is 2.21. The van der Waals surface area contributed by atoms with Gasteiger partial charge in [-0.2, -0.15) is 0 Å². The molecule has 1 unspecified atom stereocenters. The summed E-state index contributed by atoms with van der Waals surface area (Å²) in [5, 5.41) is 10.3. The Morgan fingerprint density at radius 3 is 2.47 bits per heavy atom. The molecule has 1 aromatic carbocycles. The summed E-state index contributed by atoms with van der Waals surface area (Å²) < 4.78 is 20.5. The van der Waals surface area contributed by atoms with E-state index in [1.165, 1.54) is 24.3 Å². The molecule has 0 N–H and O–H groups in total. The summed E-state index contributed by atoms with van der Waals surface area (Å²) in [6.07, 6.45) is 0. The van der Waals surface area contributed by atoms with Gasteiger partial charge in [-0.25, -0.2) is 4.52 Å². The van der Waals surface area contributed by atoms with Gasteiger partial charge < -0.3 is 0 Å². The minimum absolute atomic E-state index is 0.0472. The highest BCUT2D eigenvalue weighted by atomic mass is 31.1. The lowest BCUT2D eigenvalue weighted by Gasteiger charge is -1.92. The Balaban J connectivity index is 2.64. The summed E-state index contributed by atoms with van der Waals surface area (Å²) in [5.41, 5.74) is -0.0472. The Bertz CT molecular complexity index is 364. The number of hydrogen-bond donors (Lipinski definition) is 0. The third-order valence-corrected chi connectivity index (χ3v) is 2.29. The van der Waals surface area contributed by atoms with E-state index < -0.39 is 13.2 Å². The first-order chi connectivity index (χ1) is 7.13. The van der Waals surface area contributed by atoms with Gasteiger partial charge in [-0.1, -0.05) is 0 Å². The van der Waals surface area contributed by atoms with E-state index >= 15 is 0 Å². The van der Waals surface area contributed by atoms with Crippen LogP contribution in [0.25, 0.3) is 0 Å². The number of nitrogens with zero attached hydrogens (tertiary/aromatic N) is 1. The first kappa shape index (κ1) is 11.6. The van der Waals surface area contributed by atoms with Gasteiger partial charge in [-0.3, -0.25) is 10.1 Å². The number of rotatable bonds is 5. The predicted molar refractivity (Wildman–Crippen MR) is 53.0 cm³/mol. The van der Waals surface area contributed by atoms with Crippen LogP contribution in [0, 0.1) is 10.1 Å². The largest absolute Gasteiger partial charge is 0.750 e. The summed E-state index contributed by atoms with van der Waals surface area (Å²) in [4.78, 5) is 9.80. The van der Waals surface area contributed by atoms with Crippen LogP contribution in [0.15, 0.2) is 24.3 Å². The zero-order valence-electron chi connectivity index (χ0n) is 7.95. The Kier molecular flexibility index (Phi) is 4.15. The molecule has 7 heteroatoms. The van der Waals surface area contributed by atoms with Crippen molar-refractivity contribution in [2.75, 3.05) is 6.61 Å². The Morgan fingerprint density at radius 2 is 2.00 bits per heavy atom. The molecule has 0 aliphatic heterocycles. The molecular weight excluding hydrogens is 221 g/mol. The van der Waals surface area contributed by atoms with Crippen LogP contribution in [0.5, 0.6) is 5.75 Å². The number of hydrogen-bond acceptors (Lipinski definition) is 5. The molecule has 0 spiro atoms. The lowest BCUT2D eigenvalue weighted by Crippen LogP contribution is -1.89. The standard InChI is InChI=1S/C8H9NO5P/c1-2-13-15(12)14-8-5-3-7(4-6-8)9(10)11/h3-6H,2H2,1H3/q+1. The molecule has 0 aliphatic rings. The van der Waals surface area contributed by atoms with E-state index in [1.54, 1.807) is 6.92 Å². The van der Waals surface area contributed by atoms with Crippen molar-refractivity contribution in [1.82, 2.24) is 0 Å². The molecule has 0 heterocycles. The zero-order chi connectivity index (χ0) is 11.3. The third kappa shape index (κ3) is 3.61. The van der Waals surface area contributed by atoms with Crippen molar-refractivity contribution in [3.63, 3.8) is 0 Å². The van der Waals surface area contributed by atoms with Gasteiger partial charge in [0.2, 0.25) is 0 Å². The molecule has 6 nitrogen and oxygen atoms in total. The topological polar surface area (TPSA) is 78.7 Å². The number of nitro benzene ring substituents is 1. The zero-order valence-corrected chi connectivity index (χ0v) is 8.85. The van der Waals surface area contributed by atoms with Crippen LogP contribution >= 0.6 is 8.25 Å². The van der Waals surface area contributed by atoms with E-state index in [-0.39, 0.29) is 18.0 Å². The Labute approximate surface area is 86.9 Å². The predicted octanol–water partition coefficient (Wildman–Crippen LogP) is 2.67. The number of nitro groups is 1. The molecular formula is C8H9NO5P+. The van der Waals surface area contributed by atoms with E-state index in [9.17, 15) is 14.7 Å². The fourth-order valence-electron chi connectivity index (χ4n) is 0.847. The second-order valence-electron chi connectivity index (χ2n) is 2.48. The van der Waals surface area contributed by atoms with Crippen LogP contribution in [0.1, 0.15) is 6.92 Å². The lowest BCUT2D eigenvalue weighted by molar-refractivity contribution is -0.384. The lowest BCUT2D eigenvalue weighted by atomic mass is 10.3. The molecule has 0 aliphatic carbocycles. The molecule has 1 aromatic rings. The van der Waals surface area contributed by atoms with E-state index in [2.05, 4.69) is 4.52 Å². The van der Waals surface area contributed by atoms with E-state index in [0.717, 1.165) is 0 Å². The van der Waals surface area contributed by atoms with E-state index in [1.807, 2.05) is 0 Å². The van der Waals surface area contributed by atoms with Crippen LogP contribution in [0.2, 0.25) is 0 Å². The second-order valence-corrected chi connectivity index (χ2v) is 3.37. The van der Waals surface area contributed by atoms with Crippen molar-refractivity contribution >= 4 is 13.9 Å². The maximum Gasteiger partial charge on any atom is 0.750 e. The second kappa shape index (κ2) is 5.38. The quantitative estimate of drug-likeness (QED) is 0.441. The number of non-ortho nitro benzene ring substituents is 1. The monoisotopic (exact) mass is 230 g/mol. The normalized spacial score (nSPS) is 10.9. The molecule has 0 aromatic heterocycles. The molecule has 0 saturated carbocycles. The molecule has 0 saturated heterocycles. The first-order valence-corrected chi connectivity index (χ1v) is 5.25. The summed E-state index contributed by atoms with van der Waals surface area (Å²) in [6.45, 7) is 1.97. The first-order valence-electron chi connectivity index (χ1n) is 4.16. The fourth-order valence-corrected chi connectivity index (χ4v) is 1.40. The van der Waals surface area contributed by atoms with Crippen LogP contribution < -0.4 is 4.52 Å². The maximum atomic E-state index is 11.0. The Hall–Kier alpha value is -1.52. The summed E-state index contributed by atoms with van der Waals surface area (Å²) in [6, 6.07) is 5.27. The van der Waals surface area contributed by atoms with Crippen molar-refractivity contribution in [2.24, 2.45) is 0 Å². The highest BCUT2D eigenvalue weighted by Crippen LogP contribution is 2.28. The van der Waals surface area contributed by atoms with Gasteiger partial charge in [-0.15, -0.1) is 4.52 Å². The van der Waals surface area contributed by atoms with Crippen molar-refractivity contribution in [3.05, 3.63) is 34.4 Å². The fraction of sp³-hybridized carbons (Fsp3) is 0.250. The SMILES string of the molecule is CCO[P+](=O)Oc1ccc([N+](=O)[O-])cc1. The van der Waals surface area contributed by atoms with Gasteiger partial charge in [0.15, 0.2) is 5.75 Å². The summed E-state index contributed by atoms with van der Waals surface area (Å²) in [5.74, 6) is 0.273. The minimum atomic E-state index is -2.20. The van der Waals surface area contributed by atoms with Crippen molar-refractivity contribution in [1.29, 1.82) is 0 Å². The molecule has 0 amide bonds. The molecule has 0 radical (unpaired) electrons. The van der Waals surface area contributed by atoms with Crippen LogP contribution in [0.3, 0.4) is 0 Å². The maximum absolute atomic E-state index is 11.0. The Morgan fingerprint density at radius 1 is 1.40 bits per heavy atom. The molecule has 15 heavy (non-hydrogen) atoms.